The summed E-state index contributed by atoms with van der Waals surface area (Å²) in [5.41, 5.74) is 7.96. The molecule has 3 N–H and O–H groups in total. The number of aromatic nitrogens is 3. The Balaban J connectivity index is 2.16. The summed E-state index contributed by atoms with van der Waals surface area (Å²) in [6, 6.07) is 0. The van der Waals surface area contributed by atoms with Gasteiger partial charge in [-0.25, -0.2) is 0 Å². The van der Waals surface area contributed by atoms with Gasteiger partial charge in [0, 0.05) is 12.6 Å². The summed E-state index contributed by atoms with van der Waals surface area (Å²) in [6.45, 7) is 4.07. The molecule has 0 saturated carbocycles. The Labute approximate surface area is 104 Å². The number of hydrogen-bond donors (Lipinski definition) is 2. The maximum absolute atomic E-state index is 12.1. The Bertz CT molecular complexity index is 552. The molecule has 0 atom stereocenters. The Morgan fingerprint density at radius 2 is 2.28 bits per heavy atom. The Kier molecular flexibility index (Phi) is 3.05. The molecule has 7 nitrogen and oxygen atoms in total. The smallest absolute Gasteiger partial charge is 0.274 e. The quantitative estimate of drug-likeness (QED) is 0.840. The molecule has 96 valence electrons. The molecule has 0 unspecified atom stereocenters. The largest absolute Gasteiger partial charge is 0.396 e. The van der Waals surface area contributed by atoms with Crippen molar-refractivity contribution in [2.45, 2.75) is 20.4 Å². The van der Waals surface area contributed by atoms with Crippen molar-refractivity contribution in [2.75, 3.05) is 12.8 Å². The first-order valence-corrected chi connectivity index (χ1v) is 5.46. The van der Waals surface area contributed by atoms with E-state index in [2.05, 4.69) is 15.4 Å². The lowest BCUT2D eigenvalue weighted by molar-refractivity contribution is 0.0779. The normalized spacial score (nSPS) is 10.6. The number of H-pyrrole nitrogens is 1. The van der Waals surface area contributed by atoms with Crippen LogP contribution in [0.5, 0.6) is 0 Å². The van der Waals surface area contributed by atoms with Gasteiger partial charge in [-0.3, -0.25) is 9.89 Å². The summed E-state index contributed by atoms with van der Waals surface area (Å²) in [5, 5.41) is 10.2. The summed E-state index contributed by atoms with van der Waals surface area (Å²) < 4.78 is 5.06. The van der Waals surface area contributed by atoms with Gasteiger partial charge in [0.2, 0.25) is 0 Å². The van der Waals surface area contributed by atoms with Crippen LogP contribution in [0.1, 0.15) is 27.5 Å². The number of carbonyl (C=O) groups excluding carboxylic acids is 1. The van der Waals surface area contributed by atoms with E-state index in [1.807, 2.05) is 13.8 Å². The molecule has 0 aliphatic carbocycles. The van der Waals surface area contributed by atoms with Crippen LogP contribution in [0.2, 0.25) is 0 Å². The fourth-order valence-electron chi connectivity index (χ4n) is 1.69. The van der Waals surface area contributed by atoms with E-state index in [1.165, 1.54) is 11.1 Å². The van der Waals surface area contributed by atoms with Gasteiger partial charge >= 0.3 is 0 Å². The van der Waals surface area contributed by atoms with Gasteiger partial charge in [0.15, 0.2) is 0 Å². The van der Waals surface area contributed by atoms with Gasteiger partial charge in [-0.15, -0.1) is 0 Å². The van der Waals surface area contributed by atoms with E-state index >= 15 is 0 Å². The van der Waals surface area contributed by atoms with Crippen molar-refractivity contribution in [3.8, 4) is 0 Å². The third-order valence-corrected chi connectivity index (χ3v) is 2.81. The van der Waals surface area contributed by atoms with Crippen LogP contribution in [0.25, 0.3) is 0 Å². The van der Waals surface area contributed by atoms with Gasteiger partial charge < -0.3 is 15.2 Å². The van der Waals surface area contributed by atoms with E-state index in [4.69, 9.17) is 10.3 Å². The lowest BCUT2D eigenvalue weighted by Crippen LogP contribution is -2.27. The fraction of sp³-hybridized carbons (Fsp3) is 0.364. The Morgan fingerprint density at radius 3 is 2.78 bits per heavy atom. The molecule has 0 aromatic carbocycles. The van der Waals surface area contributed by atoms with Crippen molar-refractivity contribution in [1.82, 2.24) is 20.3 Å². The minimum absolute atomic E-state index is 0.218. The summed E-state index contributed by atoms with van der Waals surface area (Å²) in [6.07, 6.45) is 1.41. The van der Waals surface area contributed by atoms with Crippen LogP contribution in [0.3, 0.4) is 0 Å². The number of nitrogens with one attached hydrogen (secondary N) is 1. The third kappa shape index (κ3) is 2.06. The summed E-state index contributed by atoms with van der Waals surface area (Å²) in [7, 11) is 1.69. The minimum Gasteiger partial charge on any atom is -0.396 e. The first-order valence-electron chi connectivity index (χ1n) is 5.46. The molecule has 0 spiro atoms. The number of aryl methyl sites for hydroxylation is 2. The molecule has 2 rings (SSSR count). The second kappa shape index (κ2) is 4.52. The highest BCUT2D eigenvalue weighted by atomic mass is 16.5. The van der Waals surface area contributed by atoms with Crippen LogP contribution in [0.4, 0.5) is 5.69 Å². The molecule has 0 radical (unpaired) electrons. The van der Waals surface area contributed by atoms with Crippen molar-refractivity contribution >= 4 is 11.6 Å². The van der Waals surface area contributed by atoms with Crippen LogP contribution < -0.4 is 5.73 Å². The number of nitrogens with zero attached hydrogens (tertiary/aromatic N) is 3. The number of amides is 1. The maximum atomic E-state index is 12.1. The predicted molar refractivity (Wildman–Crippen MR) is 64.8 cm³/mol. The summed E-state index contributed by atoms with van der Waals surface area (Å²) in [4.78, 5) is 13.6. The molecule has 7 heteroatoms. The van der Waals surface area contributed by atoms with Gasteiger partial charge in [-0.1, -0.05) is 5.16 Å². The molecule has 1 amide bonds. The highest BCUT2D eigenvalue weighted by Crippen LogP contribution is 2.16. The molecule has 18 heavy (non-hydrogen) atoms. The minimum atomic E-state index is -0.218. The number of hydrogen-bond acceptors (Lipinski definition) is 5. The lowest BCUT2D eigenvalue weighted by atomic mass is 10.2. The van der Waals surface area contributed by atoms with Gasteiger partial charge in [-0.2, -0.15) is 5.10 Å². The third-order valence-electron chi connectivity index (χ3n) is 2.81. The first kappa shape index (κ1) is 12.2. The first-order chi connectivity index (χ1) is 8.50. The number of nitrogen functional groups attached to an aromatic ring is 1. The monoisotopic (exact) mass is 249 g/mol. The van der Waals surface area contributed by atoms with E-state index in [9.17, 15) is 4.79 Å². The van der Waals surface area contributed by atoms with E-state index in [1.54, 1.807) is 7.05 Å². The zero-order valence-electron chi connectivity index (χ0n) is 10.5. The fourth-order valence-corrected chi connectivity index (χ4v) is 1.69. The zero-order chi connectivity index (χ0) is 13.3. The van der Waals surface area contributed by atoms with E-state index < -0.39 is 0 Å². The highest BCUT2D eigenvalue weighted by molar-refractivity contribution is 5.96. The van der Waals surface area contributed by atoms with Crippen LogP contribution in [0, 0.1) is 13.8 Å². The van der Waals surface area contributed by atoms with Crippen molar-refractivity contribution in [1.29, 1.82) is 0 Å². The van der Waals surface area contributed by atoms with E-state index in [0.717, 1.165) is 11.3 Å². The van der Waals surface area contributed by atoms with Gasteiger partial charge in [-0.05, 0) is 13.8 Å². The highest BCUT2D eigenvalue weighted by Gasteiger charge is 2.19. The Hall–Kier alpha value is -2.31. The molecular formula is C11H15N5O2. The van der Waals surface area contributed by atoms with Crippen molar-refractivity contribution in [3.05, 3.63) is 28.9 Å². The molecule has 2 heterocycles. The zero-order valence-corrected chi connectivity index (χ0v) is 10.5. The molecule has 2 aromatic rings. The van der Waals surface area contributed by atoms with Gasteiger partial charge in [0.25, 0.3) is 5.91 Å². The average Bonchev–Trinajstić information content (AvgIpc) is 2.88. The second-order valence-electron chi connectivity index (χ2n) is 4.16. The molecule has 2 aromatic heterocycles. The van der Waals surface area contributed by atoms with Crippen LogP contribution in [-0.4, -0.2) is 33.2 Å². The summed E-state index contributed by atoms with van der Waals surface area (Å²) >= 11 is 0. The number of nitrogens with two attached hydrogens (primary N) is 1. The number of aromatic amines is 1. The molecule has 0 aliphatic heterocycles. The molecule has 0 bridgehead atoms. The number of carbonyl (C=O) groups is 1. The topological polar surface area (TPSA) is 101 Å². The van der Waals surface area contributed by atoms with E-state index in [0.29, 0.717) is 23.7 Å². The van der Waals surface area contributed by atoms with E-state index in [-0.39, 0.29) is 5.91 Å². The predicted octanol–water partition coefficient (Wildman–Crippen LogP) is 0.869. The van der Waals surface area contributed by atoms with Crippen LogP contribution in [0.15, 0.2) is 10.7 Å². The standard InChI is InChI=1S/C11H15N5O2/c1-6-8(7(2)18-15-6)5-16(3)11(17)10-9(12)4-13-14-10/h4H,5,12H2,1-3H3,(H,13,14). The van der Waals surface area contributed by atoms with Gasteiger partial charge in [0.1, 0.15) is 11.5 Å². The maximum Gasteiger partial charge on any atom is 0.274 e. The Morgan fingerprint density at radius 1 is 1.56 bits per heavy atom. The van der Waals surface area contributed by atoms with Crippen LogP contribution >= 0.6 is 0 Å². The lowest BCUT2D eigenvalue weighted by Gasteiger charge is -2.16. The second-order valence-corrected chi connectivity index (χ2v) is 4.16. The molecular weight excluding hydrogens is 234 g/mol. The number of rotatable bonds is 3. The average molecular weight is 249 g/mol. The van der Waals surface area contributed by atoms with Crippen LogP contribution in [-0.2, 0) is 6.54 Å². The van der Waals surface area contributed by atoms with Gasteiger partial charge in [0.05, 0.1) is 24.1 Å². The van der Waals surface area contributed by atoms with Crippen molar-refractivity contribution in [3.63, 3.8) is 0 Å². The molecule has 0 aliphatic rings. The van der Waals surface area contributed by atoms with Crippen molar-refractivity contribution < 1.29 is 9.32 Å². The molecule has 0 saturated heterocycles. The molecule has 0 fully saturated rings. The SMILES string of the molecule is Cc1noc(C)c1CN(C)C(=O)c1[nH]ncc1N. The van der Waals surface area contributed by atoms with Crippen molar-refractivity contribution in [2.24, 2.45) is 0 Å². The summed E-state index contributed by atoms with van der Waals surface area (Å²) in [5.74, 6) is 0.495. The number of anilines is 1.